The summed E-state index contributed by atoms with van der Waals surface area (Å²) in [5, 5.41) is 0.921. The molecule has 3 atom stereocenters. The highest BCUT2D eigenvalue weighted by Crippen LogP contribution is 2.32. The van der Waals surface area contributed by atoms with E-state index < -0.39 is 11.0 Å². The van der Waals surface area contributed by atoms with Gasteiger partial charge in [0.15, 0.2) is 0 Å². The molecule has 7 heteroatoms. The van der Waals surface area contributed by atoms with Gasteiger partial charge in [-0.15, -0.1) is 0 Å². The number of hydrogen-bond donors (Lipinski definition) is 0. The summed E-state index contributed by atoms with van der Waals surface area (Å²) >= 11 is 12.1. The number of piperidine rings is 1. The third kappa shape index (κ3) is 7.76. The first-order valence-corrected chi connectivity index (χ1v) is 14.1. The molecular formula is C27H37Cl2FN2OS. The topological polar surface area (TPSA) is 23.6 Å². The molecule has 2 saturated heterocycles. The Bertz CT molecular complexity index is 945. The quantitative estimate of drug-likeness (QED) is 0.409. The Morgan fingerprint density at radius 3 is 2.21 bits per heavy atom. The van der Waals surface area contributed by atoms with Crippen molar-refractivity contribution < 1.29 is 8.60 Å². The van der Waals surface area contributed by atoms with Gasteiger partial charge in [0.25, 0.3) is 0 Å². The Labute approximate surface area is 217 Å². The van der Waals surface area contributed by atoms with E-state index in [2.05, 4.69) is 36.9 Å². The Morgan fingerprint density at radius 2 is 1.62 bits per heavy atom. The van der Waals surface area contributed by atoms with Gasteiger partial charge in [-0.3, -0.25) is 0 Å². The molecule has 3 unspecified atom stereocenters. The smallest absolute Gasteiger partial charge is 0.127 e. The summed E-state index contributed by atoms with van der Waals surface area (Å²) in [4.78, 5) is 3.24. The minimum Gasteiger partial charge on any atom is -0.303 e. The minimum atomic E-state index is -1.22. The van der Waals surface area contributed by atoms with Gasteiger partial charge in [0.1, 0.15) is 16.8 Å². The van der Waals surface area contributed by atoms with E-state index in [1.54, 1.807) is 30.3 Å². The summed E-state index contributed by atoms with van der Waals surface area (Å²) < 4.78 is 28.2. The second-order valence-electron chi connectivity index (χ2n) is 10.3. The first kappa shape index (κ1) is 27.6. The first-order valence-electron chi connectivity index (χ1n) is 12.2. The Kier molecular flexibility index (Phi) is 10.4. The third-order valence-electron chi connectivity index (χ3n) is 6.48. The summed E-state index contributed by atoms with van der Waals surface area (Å²) in [6.45, 7) is 13.5. The third-order valence-corrected chi connectivity index (χ3v) is 8.65. The molecule has 3 nitrogen and oxygen atoms in total. The fourth-order valence-corrected chi connectivity index (χ4v) is 6.37. The SMILES string of the molecule is CC(C)C.CC1CN(S(=O)c2ccc(Cl)c(Cl)c2)CC1CN1CCC(c2ccc(F)cc2)CC1. The fraction of sp³-hybridized carbons (Fsp3) is 0.556. The van der Waals surface area contributed by atoms with Crippen LogP contribution in [0.25, 0.3) is 0 Å². The molecule has 4 rings (SSSR count). The number of halogens is 3. The highest BCUT2D eigenvalue weighted by molar-refractivity contribution is 7.82. The van der Waals surface area contributed by atoms with Crippen molar-refractivity contribution in [3.05, 3.63) is 63.9 Å². The Balaban J connectivity index is 0.000000751. The maximum Gasteiger partial charge on any atom is 0.127 e. The average molecular weight is 528 g/mol. The molecule has 0 spiro atoms. The summed E-state index contributed by atoms with van der Waals surface area (Å²) in [6.07, 6.45) is 2.21. The Morgan fingerprint density at radius 1 is 1.00 bits per heavy atom. The maximum atomic E-state index is 13.2. The molecule has 0 radical (unpaired) electrons. The van der Waals surface area contributed by atoms with Crippen LogP contribution in [0.5, 0.6) is 0 Å². The molecule has 0 aliphatic carbocycles. The normalized spacial score (nSPS) is 23.1. The van der Waals surface area contributed by atoms with Gasteiger partial charge in [-0.25, -0.2) is 12.9 Å². The van der Waals surface area contributed by atoms with Gasteiger partial charge in [0.05, 0.1) is 14.9 Å². The van der Waals surface area contributed by atoms with Crippen LogP contribution in [0, 0.1) is 23.6 Å². The van der Waals surface area contributed by atoms with Crippen LogP contribution >= 0.6 is 23.2 Å². The summed E-state index contributed by atoms with van der Waals surface area (Å²) in [5.41, 5.74) is 1.24. The number of rotatable bonds is 5. The van der Waals surface area contributed by atoms with Crippen LogP contribution in [0.15, 0.2) is 47.4 Å². The lowest BCUT2D eigenvalue weighted by molar-refractivity contribution is 0.174. The van der Waals surface area contributed by atoms with Crippen molar-refractivity contribution in [2.75, 3.05) is 32.7 Å². The molecule has 2 aromatic carbocycles. The predicted octanol–water partition coefficient (Wildman–Crippen LogP) is 7.26. The molecule has 188 valence electrons. The van der Waals surface area contributed by atoms with E-state index in [9.17, 15) is 8.60 Å². The maximum absolute atomic E-state index is 13.2. The molecule has 0 saturated carbocycles. The average Bonchev–Trinajstić information content (AvgIpc) is 3.16. The highest BCUT2D eigenvalue weighted by atomic mass is 35.5. The summed E-state index contributed by atoms with van der Waals surface area (Å²) in [7, 11) is -1.22. The van der Waals surface area contributed by atoms with Crippen LogP contribution in [0.4, 0.5) is 4.39 Å². The lowest BCUT2D eigenvalue weighted by atomic mass is 9.88. The van der Waals surface area contributed by atoms with Gasteiger partial charge in [-0.1, -0.05) is 63.0 Å². The molecule has 2 aliphatic rings. The molecule has 0 aromatic heterocycles. The molecule has 2 fully saturated rings. The van der Waals surface area contributed by atoms with Gasteiger partial charge in [-0.05, 0) is 85.5 Å². The van der Waals surface area contributed by atoms with Crippen LogP contribution in [0.1, 0.15) is 52.0 Å². The molecule has 34 heavy (non-hydrogen) atoms. The molecule has 0 amide bonds. The van der Waals surface area contributed by atoms with Crippen LogP contribution < -0.4 is 0 Å². The zero-order valence-electron chi connectivity index (χ0n) is 20.6. The van der Waals surface area contributed by atoms with Crippen molar-refractivity contribution in [1.29, 1.82) is 0 Å². The van der Waals surface area contributed by atoms with Crippen LogP contribution in [0.2, 0.25) is 10.0 Å². The van der Waals surface area contributed by atoms with Crippen molar-refractivity contribution in [2.24, 2.45) is 17.8 Å². The van der Waals surface area contributed by atoms with E-state index in [0.717, 1.165) is 51.5 Å². The van der Waals surface area contributed by atoms with E-state index in [1.807, 2.05) is 12.1 Å². The van der Waals surface area contributed by atoms with Crippen molar-refractivity contribution >= 4 is 34.2 Å². The predicted molar refractivity (Wildman–Crippen MR) is 142 cm³/mol. The largest absolute Gasteiger partial charge is 0.303 e. The van der Waals surface area contributed by atoms with Gasteiger partial charge in [0, 0.05) is 19.6 Å². The van der Waals surface area contributed by atoms with Gasteiger partial charge in [-0.2, -0.15) is 0 Å². The summed E-state index contributed by atoms with van der Waals surface area (Å²) in [6, 6.07) is 12.2. The fourth-order valence-electron chi connectivity index (χ4n) is 4.61. The molecule has 2 aromatic rings. The molecule has 2 aliphatic heterocycles. The molecule has 0 bridgehead atoms. The number of hydrogen-bond acceptors (Lipinski definition) is 2. The minimum absolute atomic E-state index is 0.172. The highest BCUT2D eigenvalue weighted by Gasteiger charge is 2.35. The van der Waals surface area contributed by atoms with E-state index in [1.165, 1.54) is 5.56 Å². The van der Waals surface area contributed by atoms with E-state index in [-0.39, 0.29) is 5.82 Å². The van der Waals surface area contributed by atoms with Crippen LogP contribution in [0.3, 0.4) is 0 Å². The molecule has 2 heterocycles. The summed E-state index contributed by atoms with van der Waals surface area (Å²) in [5.74, 6) is 2.17. The number of nitrogens with zero attached hydrogens (tertiary/aromatic N) is 2. The van der Waals surface area contributed by atoms with Crippen molar-refractivity contribution in [3.8, 4) is 0 Å². The van der Waals surface area contributed by atoms with Crippen molar-refractivity contribution in [3.63, 3.8) is 0 Å². The molecular weight excluding hydrogens is 490 g/mol. The standard InChI is InChI=1S/C23H27Cl2FN2OS.C4H10/c1-16-13-28(30(29)21-6-7-22(24)23(25)12-21)15-19(16)14-27-10-8-18(9-11-27)17-2-4-20(26)5-3-17;1-4(2)3/h2-7,12,16,18-19H,8-11,13-15H2,1H3;4H,1-3H3. The lowest BCUT2D eigenvalue weighted by Gasteiger charge is -2.34. The van der Waals surface area contributed by atoms with Gasteiger partial charge in [0.2, 0.25) is 0 Å². The van der Waals surface area contributed by atoms with Crippen LogP contribution in [-0.2, 0) is 11.0 Å². The van der Waals surface area contributed by atoms with Gasteiger partial charge >= 0.3 is 0 Å². The molecule has 0 N–H and O–H groups in total. The second kappa shape index (κ2) is 12.8. The zero-order chi connectivity index (χ0) is 24.8. The monoisotopic (exact) mass is 526 g/mol. The lowest BCUT2D eigenvalue weighted by Crippen LogP contribution is -2.38. The zero-order valence-corrected chi connectivity index (χ0v) is 23.0. The van der Waals surface area contributed by atoms with Crippen molar-refractivity contribution in [2.45, 2.75) is 51.3 Å². The van der Waals surface area contributed by atoms with Crippen LogP contribution in [-0.4, -0.2) is 46.1 Å². The number of likely N-dealkylation sites (tertiary alicyclic amines) is 1. The van der Waals surface area contributed by atoms with Gasteiger partial charge < -0.3 is 4.90 Å². The first-order chi connectivity index (χ1) is 16.1. The van der Waals surface area contributed by atoms with E-state index in [0.29, 0.717) is 32.7 Å². The van der Waals surface area contributed by atoms with E-state index in [4.69, 9.17) is 23.2 Å². The second-order valence-corrected chi connectivity index (χ2v) is 12.6. The van der Waals surface area contributed by atoms with Crippen molar-refractivity contribution in [1.82, 2.24) is 9.21 Å². The Hall–Kier alpha value is -0.980. The van der Waals surface area contributed by atoms with E-state index >= 15 is 0 Å². The number of benzene rings is 2.